The van der Waals surface area contributed by atoms with Gasteiger partial charge < -0.3 is 57.9 Å². The third kappa shape index (κ3) is 15.2. The fourth-order valence-corrected chi connectivity index (χ4v) is 6.16. The number of aromatic nitrogens is 1. The quantitative estimate of drug-likeness (QED) is 0.0504. The Labute approximate surface area is 344 Å². The molecule has 3 aromatic rings. The molecule has 60 heavy (non-hydrogen) atoms. The molecule has 6 atom stereocenters. The van der Waals surface area contributed by atoms with Crippen molar-refractivity contribution < 1.29 is 58.5 Å². The van der Waals surface area contributed by atoms with E-state index in [0.717, 1.165) is 10.9 Å². The van der Waals surface area contributed by atoms with Crippen molar-refractivity contribution in [1.82, 2.24) is 36.9 Å². The number of aliphatic carboxylic acids is 3. The Morgan fingerprint density at radius 3 is 1.75 bits per heavy atom. The lowest BCUT2D eigenvalue weighted by molar-refractivity contribution is -0.140. The Morgan fingerprint density at radius 2 is 1.17 bits per heavy atom. The predicted molar refractivity (Wildman–Crippen MR) is 215 cm³/mol. The summed E-state index contributed by atoms with van der Waals surface area (Å²) in [5.74, 6) is -9.59. The zero-order valence-electron chi connectivity index (χ0n) is 33.2. The lowest BCUT2D eigenvalue weighted by Crippen LogP contribution is -2.61. The second-order valence-electron chi connectivity index (χ2n) is 14.1. The molecule has 0 saturated heterocycles. The van der Waals surface area contributed by atoms with E-state index in [1.807, 2.05) is 0 Å². The van der Waals surface area contributed by atoms with Gasteiger partial charge in [-0.15, -0.1) is 0 Å². The molecule has 0 bridgehead atoms. The van der Waals surface area contributed by atoms with Gasteiger partial charge in [0.05, 0.1) is 6.54 Å². The fraction of sp³-hybridized carbons (Fsp3) is 0.425. The first-order valence-electron chi connectivity index (χ1n) is 19.3. The van der Waals surface area contributed by atoms with E-state index in [-0.39, 0.29) is 19.3 Å². The highest BCUT2D eigenvalue weighted by Crippen LogP contribution is 2.20. The monoisotopic (exact) mass is 836 g/mol. The fourth-order valence-electron chi connectivity index (χ4n) is 6.16. The average molecular weight is 837 g/mol. The number of carbonyl (C=O) groups excluding carboxylic acids is 6. The molecule has 0 aliphatic heterocycles. The molecule has 1 heterocycles. The Balaban J connectivity index is 2.00. The highest BCUT2D eigenvalue weighted by molar-refractivity contribution is 5.97. The molecule has 0 aliphatic rings. The molecule has 1 aromatic heterocycles. The summed E-state index contributed by atoms with van der Waals surface area (Å²) in [5.41, 5.74) is 7.30. The van der Waals surface area contributed by atoms with Crippen molar-refractivity contribution in [3.05, 3.63) is 71.9 Å². The number of aromatic amines is 1. The number of benzene rings is 2. The Bertz CT molecular complexity index is 2010. The van der Waals surface area contributed by atoms with Gasteiger partial charge in [-0.1, -0.05) is 68.8 Å². The van der Waals surface area contributed by atoms with Crippen molar-refractivity contribution in [2.24, 2.45) is 11.7 Å². The number of hydrogen-bond acceptors (Lipinski definition) is 10. The molecule has 0 spiro atoms. The molecule has 0 saturated carbocycles. The van der Waals surface area contributed by atoms with E-state index in [2.05, 4.69) is 36.9 Å². The molecule has 0 aliphatic carbocycles. The number of rotatable bonds is 25. The zero-order chi connectivity index (χ0) is 44.4. The molecule has 12 N–H and O–H groups in total. The van der Waals surface area contributed by atoms with Crippen molar-refractivity contribution in [2.75, 3.05) is 13.1 Å². The number of H-pyrrole nitrogens is 1. The van der Waals surface area contributed by atoms with Crippen molar-refractivity contribution >= 4 is 64.3 Å². The molecular formula is C40H52N8O12. The summed E-state index contributed by atoms with van der Waals surface area (Å²) in [6.07, 6.45) is -0.0235. The van der Waals surface area contributed by atoms with Crippen LogP contribution in [0.5, 0.6) is 0 Å². The summed E-state index contributed by atoms with van der Waals surface area (Å²) in [6.45, 7) is 2.13. The second kappa shape index (κ2) is 23.5. The number of carbonyl (C=O) groups is 9. The minimum atomic E-state index is -1.50. The summed E-state index contributed by atoms with van der Waals surface area (Å²) < 4.78 is 0. The normalized spacial score (nSPS) is 13.9. The molecule has 324 valence electrons. The van der Waals surface area contributed by atoms with Gasteiger partial charge >= 0.3 is 17.9 Å². The first kappa shape index (κ1) is 47.5. The van der Waals surface area contributed by atoms with Gasteiger partial charge in [-0.25, -0.2) is 0 Å². The average Bonchev–Trinajstić information content (AvgIpc) is 3.63. The lowest BCUT2D eigenvalue weighted by Gasteiger charge is -2.29. The summed E-state index contributed by atoms with van der Waals surface area (Å²) >= 11 is 0. The first-order valence-corrected chi connectivity index (χ1v) is 19.3. The second-order valence-corrected chi connectivity index (χ2v) is 14.1. The number of fused-ring (bicyclic) bond motifs is 1. The lowest BCUT2D eigenvalue weighted by atomic mass is 9.96. The van der Waals surface area contributed by atoms with Crippen LogP contribution in [0.15, 0.2) is 60.8 Å². The van der Waals surface area contributed by atoms with E-state index in [9.17, 15) is 53.4 Å². The smallest absolute Gasteiger partial charge is 0.322 e. The van der Waals surface area contributed by atoms with Crippen LogP contribution in [0.25, 0.3) is 10.9 Å². The standard InChI is InChI=1S/C40H52N8O12/c1-3-22(2)35(48-37(57)28(14-16-33(52)53)44-31(49)19-41)40(60)47-30(18-24-20-42-26-12-8-7-11-25(24)26)39(59)46-29(17-23-9-5-4-6-10-23)38(58)45-27(13-15-32(50)51)36(56)43-21-34(54)55/h4-12,20,22,27-30,35,42H,3,13-19,21,41H2,1-2H3,(H,43,56)(H,44,49)(H,45,58)(H,46,59)(H,47,60)(H,48,57)(H,50,51)(H,52,53)(H,54,55)/t22-,27-,28-,29-,30-,35-/m0/s1. The van der Waals surface area contributed by atoms with Crippen LogP contribution in [0.2, 0.25) is 0 Å². The van der Waals surface area contributed by atoms with Gasteiger partial charge in [-0.2, -0.15) is 0 Å². The summed E-state index contributed by atoms with van der Waals surface area (Å²) in [5, 5.41) is 43.2. The summed E-state index contributed by atoms with van der Waals surface area (Å²) in [4.78, 5) is 118. The third-order valence-electron chi connectivity index (χ3n) is 9.62. The molecule has 20 heteroatoms. The maximum absolute atomic E-state index is 14.4. The Hall–Kier alpha value is -6.83. The number of amides is 6. The number of para-hydroxylation sites is 1. The van der Waals surface area contributed by atoms with Gasteiger partial charge in [0.15, 0.2) is 0 Å². The minimum Gasteiger partial charge on any atom is -0.481 e. The van der Waals surface area contributed by atoms with Gasteiger partial charge in [0.1, 0.15) is 36.8 Å². The summed E-state index contributed by atoms with van der Waals surface area (Å²) in [7, 11) is 0. The molecule has 0 fully saturated rings. The van der Waals surface area contributed by atoms with Crippen molar-refractivity contribution in [3.63, 3.8) is 0 Å². The van der Waals surface area contributed by atoms with Crippen LogP contribution in [-0.2, 0) is 56.0 Å². The van der Waals surface area contributed by atoms with Crippen molar-refractivity contribution in [2.45, 2.75) is 89.0 Å². The van der Waals surface area contributed by atoms with E-state index >= 15 is 0 Å². The molecule has 2 aromatic carbocycles. The molecule has 0 radical (unpaired) electrons. The first-order chi connectivity index (χ1) is 28.5. The highest BCUT2D eigenvalue weighted by Gasteiger charge is 2.35. The van der Waals surface area contributed by atoms with Gasteiger partial charge in [0.25, 0.3) is 0 Å². The molecule has 20 nitrogen and oxygen atoms in total. The highest BCUT2D eigenvalue weighted by atomic mass is 16.4. The number of hydrogen-bond donors (Lipinski definition) is 11. The van der Waals surface area contributed by atoms with Gasteiger partial charge in [0, 0.05) is 42.8 Å². The van der Waals surface area contributed by atoms with Crippen molar-refractivity contribution in [3.8, 4) is 0 Å². The summed E-state index contributed by atoms with van der Waals surface area (Å²) in [6, 6.07) is 8.66. The van der Waals surface area contributed by atoms with Crippen LogP contribution in [0.4, 0.5) is 0 Å². The van der Waals surface area contributed by atoms with Crippen LogP contribution in [0, 0.1) is 5.92 Å². The zero-order valence-corrected chi connectivity index (χ0v) is 33.2. The Morgan fingerprint density at radius 1 is 0.633 bits per heavy atom. The van der Waals surface area contributed by atoms with Crippen LogP contribution >= 0.6 is 0 Å². The molecule has 6 amide bonds. The number of carboxylic acids is 3. The van der Waals surface area contributed by atoms with E-state index in [0.29, 0.717) is 17.5 Å². The van der Waals surface area contributed by atoms with Crippen LogP contribution < -0.4 is 37.6 Å². The van der Waals surface area contributed by atoms with E-state index in [1.54, 1.807) is 74.6 Å². The van der Waals surface area contributed by atoms with E-state index in [1.165, 1.54) is 0 Å². The van der Waals surface area contributed by atoms with Crippen LogP contribution in [0.1, 0.15) is 57.1 Å². The maximum Gasteiger partial charge on any atom is 0.322 e. The van der Waals surface area contributed by atoms with Gasteiger partial charge in [0.2, 0.25) is 35.4 Å². The number of carboxylic acid groups (broad SMARTS) is 3. The maximum atomic E-state index is 14.4. The minimum absolute atomic E-state index is 0.130. The SMILES string of the molecule is CC[C@H](C)[C@H](NC(=O)[C@H](CCC(=O)O)NC(=O)CN)C(=O)N[C@@H](Cc1c[nH]c2ccccc12)C(=O)N[C@@H](Cc1ccccc1)C(=O)N[C@@H](CCC(=O)O)C(=O)NCC(=O)O. The molecule has 3 rings (SSSR count). The number of nitrogens with one attached hydrogen (secondary N) is 7. The van der Waals surface area contributed by atoms with Crippen LogP contribution in [-0.4, -0.2) is 117 Å². The Kier molecular flexibility index (Phi) is 18.7. The largest absolute Gasteiger partial charge is 0.481 e. The predicted octanol–water partition coefficient (Wildman–Crippen LogP) is -0.688. The third-order valence-corrected chi connectivity index (χ3v) is 9.62. The van der Waals surface area contributed by atoms with Gasteiger partial charge in [-0.05, 0) is 36.0 Å². The number of nitrogens with two attached hydrogens (primary N) is 1. The van der Waals surface area contributed by atoms with Crippen molar-refractivity contribution in [1.29, 1.82) is 0 Å². The van der Waals surface area contributed by atoms with Crippen LogP contribution in [0.3, 0.4) is 0 Å². The van der Waals surface area contributed by atoms with Gasteiger partial charge in [-0.3, -0.25) is 43.2 Å². The topological polar surface area (TPSA) is 328 Å². The molecular weight excluding hydrogens is 784 g/mol. The van der Waals surface area contributed by atoms with E-state index in [4.69, 9.17) is 10.8 Å². The molecule has 0 unspecified atom stereocenters. The van der Waals surface area contributed by atoms with E-state index < -0.39 is 122 Å².